The van der Waals surface area contributed by atoms with E-state index in [4.69, 9.17) is 5.73 Å². The minimum Gasteiger partial charge on any atom is -0.338 e. The Morgan fingerprint density at radius 1 is 1.08 bits per heavy atom. The van der Waals surface area contributed by atoms with Crippen molar-refractivity contribution >= 4 is 24.0 Å². The van der Waals surface area contributed by atoms with Crippen LogP contribution in [0.2, 0.25) is 0 Å². The van der Waals surface area contributed by atoms with Gasteiger partial charge in [-0.15, -0.1) is 5.10 Å². The number of hydrogen-bond donors (Lipinski definition) is 1. The molecule has 1 aromatic heterocycles. The van der Waals surface area contributed by atoms with Crippen molar-refractivity contribution in [3.63, 3.8) is 0 Å². The van der Waals surface area contributed by atoms with Gasteiger partial charge < -0.3 is 10.6 Å². The second-order valence-electron chi connectivity index (χ2n) is 8.15. The summed E-state index contributed by atoms with van der Waals surface area (Å²) >= 11 is 0. The standard InChI is InChI=1S/C20H17F6N7O3/c1-30-14(17(35)33(18(30)36)8-15(34)31-5-13(27)6-31)7-32-9-28-16(29-32)10-2-11(19(21,22)23)4-12(3-10)20(24,25)26/h2-4,7,9,13H,5-6,8,27H2,1H3/b14-7-. The van der Waals surface area contributed by atoms with Gasteiger partial charge in [0.2, 0.25) is 5.91 Å². The van der Waals surface area contributed by atoms with Gasteiger partial charge in [0.1, 0.15) is 18.6 Å². The van der Waals surface area contributed by atoms with Crippen LogP contribution in [0.15, 0.2) is 30.2 Å². The number of carbonyl (C=O) groups excluding carboxylic acids is 3. The lowest BCUT2D eigenvalue weighted by molar-refractivity contribution is -0.143. The van der Waals surface area contributed by atoms with Gasteiger partial charge >= 0.3 is 18.4 Å². The molecule has 2 N–H and O–H groups in total. The molecule has 2 saturated heterocycles. The van der Waals surface area contributed by atoms with Crippen molar-refractivity contribution in [1.82, 2.24) is 29.5 Å². The van der Waals surface area contributed by atoms with Crippen molar-refractivity contribution in [2.24, 2.45) is 5.73 Å². The number of alkyl halides is 6. The first-order chi connectivity index (χ1) is 16.6. The third-order valence-electron chi connectivity index (χ3n) is 5.51. The average molecular weight is 517 g/mol. The molecule has 16 heteroatoms. The van der Waals surface area contributed by atoms with Gasteiger partial charge in [-0.25, -0.2) is 19.4 Å². The number of nitrogens with zero attached hydrogens (tertiary/aromatic N) is 6. The minimum absolute atomic E-state index is 0.0238. The molecule has 0 bridgehead atoms. The summed E-state index contributed by atoms with van der Waals surface area (Å²) < 4.78 is 79.7. The molecule has 1 aromatic carbocycles. The lowest BCUT2D eigenvalue weighted by Gasteiger charge is -2.37. The largest absolute Gasteiger partial charge is 0.416 e. The molecule has 0 aliphatic carbocycles. The third kappa shape index (κ3) is 4.75. The van der Waals surface area contributed by atoms with Crippen molar-refractivity contribution in [2.75, 3.05) is 26.7 Å². The average Bonchev–Trinajstić information content (AvgIpc) is 3.31. The van der Waals surface area contributed by atoms with E-state index in [2.05, 4.69) is 10.1 Å². The zero-order chi connectivity index (χ0) is 26.6. The fourth-order valence-electron chi connectivity index (χ4n) is 3.56. The molecule has 36 heavy (non-hydrogen) atoms. The molecule has 192 valence electrons. The Kier molecular flexibility index (Phi) is 6.02. The van der Waals surface area contributed by atoms with Crippen LogP contribution in [0, 0.1) is 0 Å². The monoisotopic (exact) mass is 517 g/mol. The maximum absolute atomic E-state index is 13.1. The number of nitrogens with two attached hydrogens (primary N) is 1. The van der Waals surface area contributed by atoms with Crippen LogP contribution in [-0.2, 0) is 21.9 Å². The second kappa shape index (κ2) is 8.61. The van der Waals surface area contributed by atoms with E-state index in [0.717, 1.165) is 22.1 Å². The molecule has 10 nitrogen and oxygen atoms in total. The van der Waals surface area contributed by atoms with Crippen molar-refractivity contribution in [2.45, 2.75) is 18.4 Å². The zero-order valence-corrected chi connectivity index (χ0v) is 18.3. The summed E-state index contributed by atoms with van der Waals surface area (Å²) in [5.41, 5.74) is 1.73. The molecule has 2 aromatic rings. The molecule has 2 fully saturated rings. The molecule has 0 radical (unpaired) electrons. The minimum atomic E-state index is -5.05. The van der Waals surface area contributed by atoms with Crippen LogP contribution in [-0.4, -0.2) is 80.0 Å². The number of likely N-dealkylation sites (tertiary alicyclic amines) is 1. The molecular formula is C20H17F6N7O3. The van der Waals surface area contributed by atoms with Gasteiger partial charge in [0.25, 0.3) is 5.91 Å². The van der Waals surface area contributed by atoms with Gasteiger partial charge in [0, 0.05) is 31.7 Å². The Bertz CT molecular complexity index is 1230. The van der Waals surface area contributed by atoms with Crippen LogP contribution in [0.4, 0.5) is 31.1 Å². The summed E-state index contributed by atoms with van der Waals surface area (Å²) in [5.74, 6) is -1.82. The van der Waals surface area contributed by atoms with Gasteiger partial charge in [-0.1, -0.05) is 0 Å². The Morgan fingerprint density at radius 3 is 2.19 bits per heavy atom. The molecular weight excluding hydrogens is 500 g/mol. The van der Waals surface area contributed by atoms with E-state index in [1.165, 1.54) is 11.9 Å². The first-order valence-electron chi connectivity index (χ1n) is 10.2. The first-order valence-corrected chi connectivity index (χ1v) is 10.2. The van der Waals surface area contributed by atoms with Gasteiger partial charge in [-0.3, -0.25) is 14.5 Å². The number of rotatable bonds is 4. The molecule has 3 heterocycles. The van der Waals surface area contributed by atoms with Crippen LogP contribution in [0.5, 0.6) is 0 Å². The van der Waals surface area contributed by atoms with Crippen LogP contribution in [0.3, 0.4) is 0 Å². The maximum Gasteiger partial charge on any atom is 0.416 e. The van der Waals surface area contributed by atoms with Gasteiger partial charge in [-0.2, -0.15) is 26.3 Å². The second-order valence-corrected chi connectivity index (χ2v) is 8.15. The van der Waals surface area contributed by atoms with E-state index in [1.54, 1.807) is 0 Å². The van der Waals surface area contributed by atoms with E-state index in [9.17, 15) is 40.7 Å². The number of hydrogen-bond acceptors (Lipinski definition) is 6. The highest BCUT2D eigenvalue weighted by Gasteiger charge is 2.42. The highest BCUT2D eigenvalue weighted by atomic mass is 19.4. The summed E-state index contributed by atoms with van der Waals surface area (Å²) in [7, 11) is 1.25. The number of carbonyl (C=O) groups is 3. The highest BCUT2D eigenvalue weighted by molar-refractivity contribution is 6.14. The SMILES string of the molecule is CN1C(=O)N(CC(=O)N2CC(N)C2)C(=O)/C1=C/n1cnc(-c2cc(C(F)(F)F)cc(C(F)(F)F)c2)n1. The predicted octanol–water partition coefficient (Wildman–Crippen LogP) is 1.84. The van der Waals surface area contributed by atoms with Crippen LogP contribution in [0.25, 0.3) is 17.6 Å². The van der Waals surface area contributed by atoms with E-state index < -0.39 is 59.3 Å². The summed E-state index contributed by atoms with van der Waals surface area (Å²) in [4.78, 5) is 44.2. The molecule has 0 spiro atoms. The third-order valence-corrected chi connectivity index (χ3v) is 5.51. The quantitative estimate of drug-likeness (QED) is 0.376. The van der Waals surface area contributed by atoms with Gasteiger partial charge in [0.05, 0.1) is 17.3 Å². The number of imide groups is 1. The maximum atomic E-state index is 13.1. The number of benzene rings is 1. The Morgan fingerprint density at radius 2 is 1.67 bits per heavy atom. The fraction of sp³-hybridized carbons (Fsp3) is 0.350. The van der Waals surface area contributed by atoms with Crippen molar-refractivity contribution in [1.29, 1.82) is 0 Å². The fourth-order valence-corrected chi connectivity index (χ4v) is 3.56. The summed E-state index contributed by atoms with van der Waals surface area (Å²) in [6.07, 6.45) is -8.15. The molecule has 2 aliphatic heterocycles. The normalized spacial score (nSPS) is 18.4. The topological polar surface area (TPSA) is 118 Å². The van der Waals surface area contributed by atoms with E-state index in [1.807, 2.05) is 0 Å². The molecule has 4 amide bonds. The molecule has 4 rings (SSSR count). The molecule has 0 saturated carbocycles. The smallest absolute Gasteiger partial charge is 0.338 e. The van der Waals surface area contributed by atoms with Crippen molar-refractivity contribution in [3.05, 3.63) is 41.4 Å². The number of aromatic nitrogens is 3. The molecule has 0 atom stereocenters. The number of likely N-dealkylation sites (N-methyl/N-ethyl adjacent to an activating group) is 1. The Balaban J connectivity index is 1.60. The van der Waals surface area contributed by atoms with Crippen LogP contribution in [0.1, 0.15) is 11.1 Å². The Labute approximate surface area is 198 Å². The lowest BCUT2D eigenvalue weighted by Crippen LogP contribution is -2.59. The summed E-state index contributed by atoms with van der Waals surface area (Å²) in [6, 6.07) is -0.0784. The summed E-state index contributed by atoms with van der Waals surface area (Å²) in [5, 5.41) is 3.83. The molecule has 0 unspecified atom stereocenters. The zero-order valence-electron chi connectivity index (χ0n) is 18.3. The summed E-state index contributed by atoms with van der Waals surface area (Å²) in [6.45, 7) is 0.0565. The van der Waals surface area contributed by atoms with Gasteiger partial charge in [0.15, 0.2) is 5.82 Å². The number of urea groups is 1. The predicted molar refractivity (Wildman–Crippen MR) is 109 cm³/mol. The van der Waals surface area contributed by atoms with E-state index >= 15 is 0 Å². The van der Waals surface area contributed by atoms with E-state index in [0.29, 0.717) is 30.1 Å². The van der Waals surface area contributed by atoms with Crippen LogP contribution < -0.4 is 5.73 Å². The van der Waals surface area contributed by atoms with Crippen LogP contribution >= 0.6 is 0 Å². The number of halogens is 6. The van der Waals surface area contributed by atoms with Crippen molar-refractivity contribution < 1.29 is 40.7 Å². The molecule has 2 aliphatic rings. The van der Waals surface area contributed by atoms with Crippen molar-refractivity contribution in [3.8, 4) is 11.4 Å². The van der Waals surface area contributed by atoms with E-state index in [-0.39, 0.29) is 17.8 Å². The number of amides is 4. The Hall–Kier alpha value is -3.95. The van der Waals surface area contributed by atoms with Gasteiger partial charge in [-0.05, 0) is 18.2 Å². The first kappa shape index (κ1) is 25.2. The highest BCUT2D eigenvalue weighted by Crippen LogP contribution is 2.38. The lowest BCUT2D eigenvalue weighted by atomic mass is 10.0.